The van der Waals surface area contributed by atoms with Crippen LogP contribution in [0.3, 0.4) is 0 Å². The fourth-order valence-electron chi connectivity index (χ4n) is 11.4. The summed E-state index contributed by atoms with van der Waals surface area (Å²) in [6, 6.07) is -0.535. The highest BCUT2D eigenvalue weighted by atomic mass is 16.5. The Morgan fingerprint density at radius 2 is 0.623 bits per heavy atom. The van der Waals surface area contributed by atoms with Crippen molar-refractivity contribution in [3.05, 3.63) is 12.2 Å². The quantitative estimate of drug-likeness (QED) is 0.0320. The molecule has 0 aromatic rings. The van der Waals surface area contributed by atoms with Gasteiger partial charge in [0.15, 0.2) is 0 Å². The molecule has 0 aliphatic rings. The Bertz CT molecular complexity index is 1160. The SMILES string of the molecule is CCCC/C=C\CCCCCCCC(=O)OCCCCCCCCCCCCCCCCCCCCCCCCCCCCCCCCCCCCCCCC(=O)NC(CO)C(O)CCCCCCCCCCCCCC. The van der Waals surface area contributed by atoms with Crippen LogP contribution >= 0.6 is 0 Å². The molecule has 0 fully saturated rings. The zero-order valence-electron chi connectivity index (χ0n) is 52.5. The number of hydrogen-bond acceptors (Lipinski definition) is 5. The Labute approximate surface area is 482 Å². The van der Waals surface area contributed by atoms with E-state index in [1.54, 1.807) is 0 Å². The second kappa shape index (κ2) is 67.1. The molecular weight excluding hydrogens is 947 g/mol. The predicted octanol–water partition coefficient (Wildman–Crippen LogP) is 22.8. The van der Waals surface area contributed by atoms with Crippen LogP contribution in [0.5, 0.6) is 0 Å². The van der Waals surface area contributed by atoms with Gasteiger partial charge in [0.2, 0.25) is 5.91 Å². The fourth-order valence-corrected chi connectivity index (χ4v) is 11.4. The maximum absolute atomic E-state index is 12.5. The predicted molar refractivity (Wildman–Crippen MR) is 338 cm³/mol. The highest BCUT2D eigenvalue weighted by molar-refractivity contribution is 5.76. The Hall–Kier alpha value is -1.40. The Kier molecular flexibility index (Phi) is 65.9. The van der Waals surface area contributed by atoms with Gasteiger partial charge in [0, 0.05) is 12.8 Å². The second-order valence-corrected chi connectivity index (χ2v) is 24.6. The molecule has 0 saturated heterocycles. The van der Waals surface area contributed by atoms with Crippen molar-refractivity contribution in [1.29, 1.82) is 0 Å². The first-order valence-corrected chi connectivity index (χ1v) is 35.4. The van der Waals surface area contributed by atoms with Crippen LogP contribution in [-0.2, 0) is 14.3 Å². The molecule has 0 rings (SSSR count). The average Bonchev–Trinajstić information content (AvgIpc) is 3.43. The zero-order chi connectivity index (χ0) is 55.7. The highest BCUT2D eigenvalue weighted by Gasteiger charge is 2.20. The molecule has 2 atom stereocenters. The molecular formula is C71H139NO5. The first kappa shape index (κ1) is 75.6. The number of nitrogens with one attached hydrogen (secondary N) is 1. The van der Waals surface area contributed by atoms with Gasteiger partial charge in [0.25, 0.3) is 0 Å². The number of ether oxygens (including phenoxy) is 1. The van der Waals surface area contributed by atoms with E-state index in [0.29, 0.717) is 25.9 Å². The monoisotopic (exact) mass is 1090 g/mol. The van der Waals surface area contributed by atoms with Crippen LogP contribution in [0.2, 0.25) is 0 Å². The number of carbonyl (C=O) groups is 2. The molecule has 0 aliphatic heterocycles. The smallest absolute Gasteiger partial charge is 0.305 e. The summed E-state index contributed by atoms with van der Waals surface area (Å²) in [7, 11) is 0. The van der Waals surface area contributed by atoms with Crippen LogP contribution < -0.4 is 5.32 Å². The van der Waals surface area contributed by atoms with E-state index >= 15 is 0 Å². The summed E-state index contributed by atoms with van der Waals surface area (Å²) >= 11 is 0. The molecule has 6 nitrogen and oxygen atoms in total. The standard InChI is InChI=1S/C71H139NO5/c1-3-5-7-9-11-13-15-44-47-51-55-59-63-69(74)68(67-73)72-70(75)64-60-56-52-48-45-41-39-37-35-33-31-29-27-25-23-21-19-17-16-18-20-22-24-26-28-30-32-34-36-38-40-42-46-50-54-58-62-66-77-71(76)65-61-57-53-49-43-14-12-10-8-6-4-2/h10,12,68-69,73-74H,3-9,11,13-67H2,1-2H3,(H,72,75)/b12-10-. The Morgan fingerprint density at radius 1 is 0.351 bits per heavy atom. The number of amides is 1. The van der Waals surface area contributed by atoms with Crippen molar-refractivity contribution in [2.75, 3.05) is 13.2 Å². The second-order valence-electron chi connectivity index (χ2n) is 24.6. The van der Waals surface area contributed by atoms with Crippen molar-refractivity contribution in [2.24, 2.45) is 0 Å². The summed E-state index contributed by atoms with van der Waals surface area (Å²) in [5.41, 5.74) is 0. The maximum atomic E-state index is 12.5. The van der Waals surface area contributed by atoms with Crippen molar-refractivity contribution >= 4 is 11.9 Å². The lowest BCUT2D eigenvalue weighted by Gasteiger charge is -2.22. The molecule has 0 bridgehead atoms. The van der Waals surface area contributed by atoms with E-state index < -0.39 is 12.1 Å². The van der Waals surface area contributed by atoms with E-state index in [2.05, 4.69) is 31.3 Å². The van der Waals surface area contributed by atoms with Crippen molar-refractivity contribution in [3.8, 4) is 0 Å². The third kappa shape index (κ3) is 63.6. The molecule has 0 heterocycles. The lowest BCUT2D eigenvalue weighted by Crippen LogP contribution is -2.45. The third-order valence-corrected chi connectivity index (χ3v) is 16.8. The van der Waals surface area contributed by atoms with Crippen LogP contribution in [-0.4, -0.2) is 47.4 Å². The topological polar surface area (TPSA) is 95.9 Å². The number of aliphatic hydroxyl groups excluding tert-OH is 2. The Balaban J connectivity index is 3.27. The zero-order valence-corrected chi connectivity index (χ0v) is 52.5. The Morgan fingerprint density at radius 3 is 0.961 bits per heavy atom. The number of rotatable bonds is 67. The maximum Gasteiger partial charge on any atom is 0.305 e. The molecule has 3 N–H and O–H groups in total. The molecule has 458 valence electrons. The number of aliphatic hydroxyl groups is 2. The summed E-state index contributed by atoms with van der Waals surface area (Å²) in [6.45, 7) is 4.94. The summed E-state index contributed by atoms with van der Waals surface area (Å²) in [6.07, 6.45) is 82.9. The molecule has 0 saturated carbocycles. The van der Waals surface area contributed by atoms with Crippen LogP contribution in [0.4, 0.5) is 0 Å². The molecule has 2 unspecified atom stereocenters. The van der Waals surface area contributed by atoms with Crippen LogP contribution in [0.25, 0.3) is 0 Å². The van der Waals surface area contributed by atoms with Gasteiger partial charge in [-0.2, -0.15) is 0 Å². The number of hydrogen-bond donors (Lipinski definition) is 3. The van der Waals surface area contributed by atoms with Crippen molar-refractivity contribution in [2.45, 2.75) is 418 Å². The highest BCUT2D eigenvalue weighted by Crippen LogP contribution is 2.19. The summed E-state index contributed by atoms with van der Waals surface area (Å²) < 4.78 is 5.47. The van der Waals surface area contributed by atoms with Gasteiger partial charge in [-0.05, 0) is 44.9 Å². The van der Waals surface area contributed by atoms with Crippen LogP contribution in [0, 0.1) is 0 Å². The van der Waals surface area contributed by atoms with Crippen molar-refractivity contribution in [1.82, 2.24) is 5.32 Å². The van der Waals surface area contributed by atoms with Crippen molar-refractivity contribution < 1.29 is 24.5 Å². The molecule has 1 amide bonds. The van der Waals surface area contributed by atoms with Gasteiger partial charge < -0.3 is 20.3 Å². The van der Waals surface area contributed by atoms with Gasteiger partial charge in [-0.1, -0.05) is 360 Å². The average molecular weight is 1090 g/mol. The first-order valence-electron chi connectivity index (χ1n) is 35.4. The molecule has 6 heteroatoms. The lowest BCUT2D eigenvalue weighted by atomic mass is 10.0. The number of esters is 1. The van der Waals surface area contributed by atoms with Gasteiger partial charge in [-0.15, -0.1) is 0 Å². The molecule has 0 aromatic carbocycles. The van der Waals surface area contributed by atoms with Crippen molar-refractivity contribution in [3.63, 3.8) is 0 Å². The van der Waals surface area contributed by atoms with E-state index in [9.17, 15) is 19.8 Å². The minimum atomic E-state index is -0.658. The van der Waals surface area contributed by atoms with Gasteiger partial charge in [-0.3, -0.25) is 9.59 Å². The molecule has 0 radical (unpaired) electrons. The van der Waals surface area contributed by atoms with E-state index in [1.165, 1.54) is 327 Å². The van der Waals surface area contributed by atoms with E-state index in [4.69, 9.17) is 4.74 Å². The number of allylic oxidation sites excluding steroid dienone is 2. The minimum absolute atomic E-state index is 0.0128. The molecule has 77 heavy (non-hydrogen) atoms. The van der Waals surface area contributed by atoms with Crippen LogP contribution in [0.15, 0.2) is 12.2 Å². The summed E-state index contributed by atoms with van der Waals surface area (Å²) in [4.78, 5) is 24.5. The fraction of sp³-hybridized carbons (Fsp3) is 0.944. The molecule has 0 aliphatic carbocycles. The third-order valence-electron chi connectivity index (χ3n) is 16.8. The first-order chi connectivity index (χ1) is 38.0. The molecule has 0 spiro atoms. The van der Waals surface area contributed by atoms with Crippen LogP contribution in [0.1, 0.15) is 406 Å². The minimum Gasteiger partial charge on any atom is -0.466 e. The number of unbranched alkanes of at least 4 members (excludes halogenated alkanes) is 54. The normalized spacial score (nSPS) is 12.5. The van der Waals surface area contributed by atoms with E-state index in [-0.39, 0.29) is 18.5 Å². The summed E-state index contributed by atoms with van der Waals surface area (Å²) in [5, 5.41) is 23.3. The number of carbonyl (C=O) groups excluding carboxylic acids is 2. The van der Waals surface area contributed by atoms with Gasteiger partial charge in [0.05, 0.1) is 25.4 Å². The van der Waals surface area contributed by atoms with Gasteiger partial charge in [0.1, 0.15) is 0 Å². The lowest BCUT2D eigenvalue weighted by molar-refractivity contribution is -0.143. The van der Waals surface area contributed by atoms with Gasteiger partial charge in [-0.25, -0.2) is 0 Å². The van der Waals surface area contributed by atoms with E-state index in [1.807, 2.05) is 0 Å². The largest absolute Gasteiger partial charge is 0.466 e. The van der Waals surface area contributed by atoms with Gasteiger partial charge >= 0.3 is 5.97 Å². The summed E-state index contributed by atoms with van der Waals surface area (Å²) in [5.74, 6) is -0.0145. The molecule has 0 aromatic heterocycles. The van der Waals surface area contributed by atoms with E-state index in [0.717, 1.165) is 44.9 Å².